The van der Waals surface area contributed by atoms with Crippen LogP contribution in [0, 0.1) is 5.92 Å². The zero-order valence-corrected chi connectivity index (χ0v) is 22.7. The number of likely N-dealkylation sites (tertiary alicyclic amines) is 1. The normalized spacial score (nSPS) is 17.5. The van der Waals surface area contributed by atoms with Crippen molar-refractivity contribution in [1.82, 2.24) is 19.9 Å². The van der Waals surface area contributed by atoms with Crippen molar-refractivity contribution in [2.24, 2.45) is 5.92 Å². The first kappa shape index (κ1) is 38.8. The fourth-order valence-electron chi connectivity index (χ4n) is 3.58. The van der Waals surface area contributed by atoms with E-state index in [1.807, 2.05) is 24.5 Å². The summed E-state index contributed by atoms with van der Waals surface area (Å²) in [6.07, 6.45) is -5.64. The van der Waals surface area contributed by atoms with Crippen molar-refractivity contribution in [3.8, 4) is 0 Å². The molecule has 2 fully saturated rings. The number of nitrogens with one attached hydrogen (secondary N) is 1. The monoisotopic (exact) mass is 667 g/mol. The molecule has 12 nitrogen and oxygen atoms in total. The van der Waals surface area contributed by atoms with Crippen molar-refractivity contribution in [3.63, 3.8) is 0 Å². The molecule has 45 heavy (non-hydrogen) atoms. The number of nitrogens with zero attached hydrogens (tertiary/aromatic N) is 4. The lowest BCUT2D eigenvalue weighted by Crippen LogP contribution is -2.64. The fraction of sp³-hybridized carbons (Fsp3) is 0.500. The number of aliphatic carboxylic acids is 3. The Balaban J connectivity index is 0.000000396. The number of carboxylic acids is 3. The van der Waals surface area contributed by atoms with Gasteiger partial charge >= 0.3 is 36.4 Å². The van der Waals surface area contributed by atoms with Crippen LogP contribution in [0.25, 0.3) is 0 Å². The molecule has 2 aliphatic rings. The minimum Gasteiger partial charge on any atom is -0.475 e. The number of pyridine rings is 1. The summed E-state index contributed by atoms with van der Waals surface area (Å²) in [7, 11) is 0. The van der Waals surface area contributed by atoms with Crippen LogP contribution in [0.4, 0.5) is 45.5 Å². The van der Waals surface area contributed by atoms with Gasteiger partial charge in [0.1, 0.15) is 0 Å². The lowest BCUT2D eigenvalue weighted by molar-refractivity contribution is -0.193. The van der Waals surface area contributed by atoms with Gasteiger partial charge in [-0.15, -0.1) is 0 Å². The molecule has 0 bridgehead atoms. The van der Waals surface area contributed by atoms with Gasteiger partial charge in [0.05, 0.1) is 12.2 Å². The lowest BCUT2D eigenvalue weighted by atomic mass is 9.82. The summed E-state index contributed by atoms with van der Waals surface area (Å²) in [5.74, 6) is -7.04. The van der Waals surface area contributed by atoms with Crippen molar-refractivity contribution in [1.29, 1.82) is 0 Å². The molecule has 0 amide bonds. The molecule has 1 atom stereocenters. The van der Waals surface area contributed by atoms with Gasteiger partial charge in [0.15, 0.2) is 0 Å². The number of carbonyl (C=O) groups is 3. The third-order valence-corrected chi connectivity index (χ3v) is 5.63. The Morgan fingerprint density at radius 3 is 1.73 bits per heavy atom. The number of carboxylic acid groups (broad SMARTS) is 3. The highest BCUT2D eigenvalue weighted by Gasteiger charge is 2.46. The quantitative estimate of drug-likeness (QED) is 0.340. The molecule has 0 aromatic carbocycles. The number of alkyl halides is 9. The minimum absolute atomic E-state index is 0.0853. The van der Waals surface area contributed by atoms with Gasteiger partial charge in [0.25, 0.3) is 0 Å². The first-order valence-electron chi connectivity index (χ1n) is 12.3. The average molecular weight is 667 g/mol. The number of anilines is 1. The number of halogens is 9. The van der Waals surface area contributed by atoms with E-state index in [2.05, 4.69) is 31.2 Å². The first-order chi connectivity index (χ1) is 20.6. The van der Waals surface area contributed by atoms with Gasteiger partial charge in [-0.1, -0.05) is 6.07 Å². The predicted octanol–water partition coefficient (Wildman–Crippen LogP) is 3.86. The van der Waals surface area contributed by atoms with E-state index in [9.17, 15) is 39.5 Å². The highest BCUT2D eigenvalue weighted by molar-refractivity contribution is 5.73. The van der Waals surface area contributed by atoms with Crippen molar-refractivity contribution in [2.75, 3.05) is 31.6 Å². The van der Waals surface area contributed by atoms with Crippen LogP contribution in [0.3, 0.4) is 0 Å². The fourth-order valence-corrected chi connectivity index (χ4v) is 3.58. The van der Waals surface area contributed by atoms with Crippen molar-refractivity contribution in [3.05, 3.63) is 48.5 Å². The van der Waals surface area contributed by atoms with Gasteiger partial charge in [-0.05, 0) is 36.5 Å². The van der Waals surface area contributed by atoms with E-state index in [1.165, 1.54) is 12.0 Å². The van der Waals surface area contributed by atoms with Gasteiger partial charge in [-0.3, -0.25) is 9.88 Å². The molecule has 1 spiro atoms. The third kappa shape index (κ3) is 15.3. The summed E-state index contributed by atoms with van der Waals surface area (Å²) in [5, 5.41) is 24.7. The van der Waals surface area contributed by atoms with Gasteiger partial charge in [-0.2, -0.15) is 39.5 Å². The number of ether oxygens (including phenoxy) is 1. The van der Waals surface area contributed by atoms with Crippen LogP contribution in [0.2, 0.25) is 0 Å². The molecule has 2 aliphatic heterocycles. The van der Waals surface area contributed by atoms with E-state index in [0.29, 0.717) is 11.9 Å². The number of hydrogen-bond acceptors (Lipinski definition) is 9. The number of hydrogen-bond donors (Lipinski definition) is 4. The molecular formula is C24H26F9N5O7. The Kier molecular flexibility index (Phi) is 14.4. The predicted molar refractivity (Wildman–Crippen MR) is 133 cm³/mol. The zero-order valence-electron chi connectivity index (χ0n) is 22.7. The lowest BCUT2D eigenvalue weighted by Gasteiger charge is -2.53. The minimum atomic E-state index is -5.08. The summed E-state index contributed by atoms with van der Waals surface area (Å²) >= 11 is 0. The van der Waals surface area contributed by atoms with Gasteiger partial charge in [0.2, 0.25) is 5.95 Å². The molecule has 2 saturated heterocycles. The molecule has 0 radical (unpaired) electrons. The molecule has 4 rings (SSSR count). The molecule has 1 unspecified atom stereocenters. The average Bonchev–Trinajstić information content (AvgIpc) is 2.92. The maximum atomic E-state index is 10.6. The molecule has 21 heteroatoms. The van der Waals surface area contributed by atoms with Crippen LogP contribution in [0.1, 0.15) is 18.4 Å². The smallest absolute Gasteiger partial charge is 0.475 e. The molecule has 4 N–H and O–H groups in total. The molecule has 2 aromatic heterocycles. The standard InChI is InChI=1S/C18H23N5O.3C2HF3O2/c1-3-15(9-19-6-1)11-23-13-18(14-23)5-4-16(12-24-18)10-22-17-20-7-2-8-21-17;3*3-2(4,5)1(6)7/h1-3,6-9,16H,4-5,10-14H2,(H,20,21,22);3*(H,6,7). The summed E-state index contributed by atoms with van der Waals surface area (Å²) in [6, 6.07) is 5.95. The second kappa shape index (κ2) is 16.7. The topological polar surface area (TPSA) is 175 Å². The third-order valence-electron chi connectivity index (χ3n) is 5.63. The Labute approximate surface area is 247 Å². The Bertz CT molecular complexity index is 1140. The van der Waals surface area contributed by atoms with Crippen LogP contribution < -0.4 is 5.32 Å². The largest absolute Gasteiger partial charge is 0.490 e. The van der Waals surface area contributed by atoms with E-state index in [1.54, 1.807) is 12.4 Å². The van der Waals surface area contributed by atoms with E-state index in [4.69, 9.17) is 34.4 Å². The molecule has 252 valence electrons. The van der Waals surface area contributed by atoms with Gasteiger partial charge in [-0.25, -0.2) is 24.4 Å². The maximum Gasteiger partial charge on any atom is 0.490 e. The molecule has 2 aromatic rings. The maximum absolute atomic E-state index is 10.6. The first-order valence-corrected chi connectivity index (χ1v) is 12.3. The highest BCUT2D eigenvalue weighted by Crippen LogP contribution is 2.36. The van der Waals surface area contributed by atoms with Crippen LogP contribution in [-0.4, -0.2) is 103 Å². The number of rotatable bonds is 5. The summed E-state index contributed by atoms with van der Waals surface area (Å²) in [4.78, 5) is 41.7. The van der Waals surface area contributed by atoms with Crippen molar-refractivity contribution < 1.29 is 74.0 Å². The molecule has 4 heterocycles. The second-order valence-electron chi connectivity index (χ2n) is 9.27. The van der Waals surface area contributed by atoms with E-state index in [-0.39, 0.29) is 5.60 Å². The van der Waals surface area contributed by atoms with Crippen LogP contribution in [0.5, 0.6) is 0 Å². The van der Waals surface area contributed by atoms with Crippen molar-refractivity contribution >= 4 is 23.9 Å². The van der Waals surface area contributed by atoms with Gasteiger partial charge < -0.3 is 25.4 Å². The SMILES string of the molecule is O=C(O)C(F)(F)F.O=C(O)C(F)(F)F.O=C(O)C(F)(F)F.c1cnc(NCC2CCC3(CN(Cc4cccnc4)C3)OC2)nc1. The molecule has 0 aliphatic carbocycles. The highest BCUT2D eigenvalue weighted by atomic mass is 19.4. The zero-order chi connectivity index (χ0) is 34.5. The summed E-state index contributed by atoms with van der Waals surface area (Å²) < 4.78 is 101. The Morgan fingerprint density at radius 2 is 1.36 bits per heavy atom. The van der Waals surface area contributed by atoms with Crippen molar-refractivity contribution in [2.45, 2.75) is 43.5 Å². The van der Waals surface area contributed by atoms with E-state index in [0.717, 1.165) is 39.2 Å². The Morgan fingerprint density at radius 1 is 0.867 bits per heavy atom. The Hall–Kier alpha value is -4.27. The van der Waals surface area contributed by atoms with Crippen LogP contribution in [0.15, 0.2) is 43.0 Å². The van der Waals surface area contributed by atoms with Crippen LogP contribution >= 0.6 is 0 Å². The van der Waals surface area contributed by atoms with E-state index >= 15 is 0 Å². The summed E-state index contributed by atoms with van der Waals surface area (Å²) in [6.45, 7) is 4.73. The summed E-state index contributed by atoms with van der Waals surface area (Å²) in [5.41, 5.74) is 1.36. The van der Waals surface area contributed by atoms with Gasteiger partial charge in [0, 0.05) is 51.0 Å². The van der Waals surface area contributed by atoms with Crippen LogP contribution in [-0.2, 0) is 25.7 Å². The second-order valence-corrected chi connectivity index (χ2v) is 9.27. The van der Waals surface area contributed by atoms with E-state index < -0.39 is 36.4 Å². The number of aromatic nitrogens is 3. The molecular weight excluding hydrogens is 641 g/mol. The molecule has 0 saturated carbocycles.